The summed E-state index contributed by atoms with van der Waals surface area (Å²) in [4.78, 5) is 17.1. The van der Waals surface area contributed by atoms with Gasteiger partial charge in [-0.15, -0.1) is 0 Å². The summed E-state index contributed by atoms with van der Waals surface area (Å²) in [5, 5.41) is 22.6. The van der Waals surface area contributed by atoms with Crippen molar-refractivity contribution in [3.05, 3.63) is 54.1 Å². The number of hydrogen-bond acceptors (Lipinski definition) is 3. The molecule has 0 saturated heterocycles. The Morgan fingerprint density at radius 2 is 1.89 bits per heavy atom. The van der Waals surface area contributed by atoms with Crippen LogP contribution in [0.15, 0.2) is 58.5 Å². The lowest BCUT2D eigenvalue weighted by Crippen LogP contribution is -2.10. The molecule has 1 aliphatic rings. The number of benzene rings is 2. The molecule has 1 unspecified atom stereocenters. The topological polar surface area (TPSA) is 74.8 Å². The van der Waals surface area contributed by atoms with E-state index in [0.29, 0.717) is 11.5 Å². The van der Waals surface area contributed by atoms with Crippen molar-refractivity contribution in [2.24, 2.45) is 10.9 Å². The van der Waals surface area contributed by atoms with E-state index in [0.717, 1.165) is 45.4 Å². The molecule has 0 amide bonds. The molecule has 2 aromatic carbocycles. The van der Waals surface area contributed by atoms with Crippen molar-refractivity contribution in [1.29, 1.82) is 0 Å². The molecule has 2 N–H and O–H groups in total. The molecule has 5 nitrogen and oxygen atoms in total. The average molecular weight is 397 g/mol. The van der Waals surface area contributed by atoms with Gasteiger partial charge >= 0.3 is 5.97 Å². The van der Waals surface area contributed by atoms with E-state index in [2.05, 4.69) is 18.4 Å². The molecular weight excluding hydrogens is 372 g/mol. The maximum atomic E-state index is 12.3. The Bertz CT molecular complexity index is 1070. The van der Waals surface area contributed by atoms with Crippen LogP contribution in [0.25, 0.3) is 16.6 Å². The quantitative estimate of drug-likeness (QED) is 0.540. The Hall–Kier alpha value is -2.73. The van der Waals surface area contributed by atoms with Gasteiger partial charge in [0.05, 0.1) is 21.1 Å². The first-order valence-electron chi connectivity index (χ1n) is 9.44. The van der Waals surface area contributed by atoms with E-state index in [9.17, 15) is 15.0 Å². The lowest BCUT2D eigenvalue weighted by atomic mass is 10.1. The zero-order chi connectivity index (χ0) is 19.8. The lowest BCUT2D eigenvalue weighted by molar-refractivity contribution is 0.0695. The van der Waals surface area contributed by atoms with E-state index >= 15 is 0 Å². The number of nitrogens with zero attached hydrogens (tertiary/aromatic N) is 2. The second-order valence-electron chi connectivity index (χ2n) is 7.42. The number of aromatic hydroxyl groups is 1. The van der Waals surface area contributed by atoms with E-state index in [4.69, 9.17) is 4.99 Å². The zero-order valence-electron chi connectivity index (χ0n) is 16.0. The molecule has 6 heteroatoms. The highest BCUT2D eigenvalue weighted by Gasteiger charge is 2.31. The summed E-state index contributed by atoms with van der Waals surface area (Å²) < 4.78 is 2.06. The molecule has 4 rings (SSSR count). The smallest absolute Gasteiger partial charge is 0.339 e. The number of carbonyl (C=O) groups is 1. The van der Waals surface area contributed by atoms with Crippen LogP contribution < -0.4 is 0 Å². The van der Waals surface area contributed by atoms with E-state index in [-0.39, 0.29) is 5.75 Å². The minimum atomic E-state index is -0.901. The van der Waals surface area contributed by atoms with Gasteiger partial charge in [-0.05, 0) is 42.7 Å². The SMILES string of the molecule is CC(C)CC1=NCC[SH]1c1c(C(=O)O)c2ccccc2n1-c1ccc(O)cc1. The number of para-hydroxylation sites is 1. The number of phenols is 1. The summed E-state index contributed by atoms with van der Waals surface area (Å²) in [6.45, 7) is 5.09. The highest BCUT2D eigenvalue weighted by atomic mass is 32.2. The third kappa shape index (κ3) is 3.18. The number of aliphatic imine (C=N–C) groups is 1. The van der Waals surface area contributed by atoms with Gasteiger partial charge in [0.25, 0.3) is 0 Å². The fourth-order valence-corrected chi connectivity index (χ4v) is 6.64. The van der Waals surface area contributed by atoms with Crippen LogP contribution in [0.3, 0.4) is 0 Å². The standard InChI is InChI=1S/C22H24N2O3S/c1-14(2)13-19-23-11-12-28(19)21-20(22(26)27)17-5-3-4-6-18(17)24(21)15-7-9-16(25)10-8-15/h3-10,14,25,28H,11-13H2,1-2H3,(H,26,27). The molecule has 1 aromatic heterocycles. The Morgan fingerprint density at radius 1 is 1.18 bits per heavy atom. The minimum Gasteiger partial charge on any atom is -0.508 e. The summed E-state index contributed by atoms with van der Waals surface area (Å²) >= 11 is 0. The van der Waals surface area contributed by atoms with Crippen LogP contribution in [-0.2, 0) is 0 Å². The second kappa shape index (κ2) is 7.36. The largest absolute Gasteiger partial charge is 0.508 e. The third-order valence-electron chi connectivity index (χ3n) is 4.95. The first-order chi connectivity index (χ1) is 13.5. The van der Waals surface area contributed by atoms with E-state index < -0.39 is 16.9 Å². The summed E-state index contributed by atoms with van der Waals surface area (Å²) in [5.41, 5.74) is 2.11. The first-order valence-corrected chi connectivity index (χ1v) is 11.0. The first kappa shape index (κ1) is 18.6. The molecule has 0 radical (unpaired) electrons. The maximum Gasteiger partial charge on any atom is 0.339 e. The van der Waals surface area contributed by atoms with E-state index in [1.165, 1.54) is 0 Å². The summed E-state index contributed by atoms with van der Waals surface area (Å²) in [5.74, 6) is 0.643. The molecule has 28 heavy (non-hydrogen) atoms. The molecule has 3 aromatic rings. The highest BCUT2D eigenvalue weighted by molar-refractivity contribution is 8.30. The molecule has 1 aliphatic heterocycles. The van der Waals surface area contributed by atoms with Gasteiger partial charge < -0.3 is 14.8 Å². The van der Waals surface area contributed by atoms with Gasteiger partial charge in [-0.3, -0.25) is 4.99 Å². The third-order valence-corrected chi connectivity index (χ3v) is 7.48. The lowest BCUT2D eigenvalue weighted by Gasteiger charge is -2.23. The van der Waals surface area contributed by atoms with Crippen LogP contribution in [0.2, 0.25) is 0 Å². The molecule has 0 aliphatic carbocycles. The predicted molar refractivity (Wildman–Crippen MR) is 116 cm³/mol. The predicted octanol–water partition coefficient (Wildman–Crippen LogP) is 4.85. The van der Waals surface area contributed by atoms with Crippen molar-refractivity contribution >= 4 is 32.8 Å². The zero-order valence-corrected chi connectivity index (χ0v) is 16.9. The Morgan fingerprint density at radius 3 is 2.57 bits per heavy atom. The summed E-state index contributed by atoms with van der Waals surface area (Å²) in [6.07, 6.45) is 0.891. The van der Waals surface area contributed by atoms with Gasteiger partial charge in [0, 0.05) is 23.4 Å². The molecule has 1 atom stereocenters. The number of hydrogen-bond donors (Lipinski definition) is 3. The normalized spacial score (nSPS) is 18.0. The van der Waals surface area contributed by atoms with Crippen LogP contribution in [0.1, 0.15) is 30.6 Å². The van der Waals surface area contributed by atoms with Crippen LogP contribution in [0, 0.1) is 5.92 Å². The number of aromatic carboxylic acids is 1. The van der Waals surface area contributed by atoms with Crippen LogP contribution in [0.4, 0.5) is 0 Å². The van der Waals surface area contributed by atoms with Gasteiger partial charge in [-0.2, -0.15) is 10.9 Å². The fraction of sp³-hybridized carbons (Fsp3) is 0.273. The number of fused-ring (bicyclic) bond motifs is 1. The number of phenolic OH excluding ortho intramolecular Hbond substituents is 1. The molecular formula is C22H24N2O3S. The molecule has 146 valence electrons. The molecule has 2 heterocycles. The number of thiol groups is 1. The number of carboxylic acids is 1. The van der Waals surface area contributed by atoms with Crippen molar-refractivity contribution in [3.8, 4) is 11.4 Å². The van der Waals surface area contributed by atoms with Gasteiger partial charge in [-0.1, -0.05) is 32.0 Å². The summed E-state index contributed by atoms with van der Waals surface area (Å²) in [6, 6.07) is 14.6. The van der Waals surface area contributed by atoms with Crippen LogP contribution in [-0.4, -0.2) is 38.1 Å². The molecule has 0 spiro atoms. The Labute approximate surface area is 166 Å². The van der Waals surface area contributed by atoms with Crippen molar-refractivity contribution < 1.29 is 15.0 Å². The van der Waals surface area contributed by atoms with Crippen molar-refractivity contribution in [3.63, 3.8) is 0 Å². The molecule has 0 bridgehead atoms. The molecule has 0 fully saturated rings. The number of rotatable bonds is 5. The fourth-order valence-electron chi connectivity index (χ4n) is 3.82. The van der Waals surface area contributed by atoms with Crippen molar-refractivity contribution in [2.45, 2.75) is 25.3 Å². The molecule has 0 saturated carbocycles. The maximum absolute atomic E-state index is 12.3. The van der Waals surface area contributed by atoms with Crippen molar-refractivity contribution in [1.82, 2.24) is 4.57 Å². The van der Waals surface area contributed by atoms with Gasteiger partial charge in [0.15, 0.2) is 0 Å². The monoisotopic (exact) mass is 396 g/mol. The van der Waals surface area contributed by atoms with E-state index in [1.807, 2.05) is 36.4 Å². The average Bonchev–Trinajstić information content (AvgIpc) is 3.23. The van der Waals surface area contributed by atoms with Gasteiger partial charge in [-0.25, -0.2) is 4.79 Å². The Kier molecular flexibility index (Phi) is 4.89. The minimum absolute atomic E-state index is 0.189. The number of carboxylic acid groups (broad SMARTS) is 1. The number of aromatic nitrogens is 1. The Balaban J connectivity index is 2.02. The van der Waals surface area contributed by atoms with Gasteiger partial charge in [0.1, 0.15) is 5.75 Å². The van der Waals surface area contributed by atoms with Crippen molar-refractivity contribution in [2.75, 3.05) is 12.3 Å². The van der Waals surface area contributed by atoms with Crippen LogP contribution >= 0.6 is 10.9 Å². The highest BCUT2D eigenvalue weighted by Crippen LogP contribution is 2.49. The van der Waals surface area contributed by atoms with Gasteiger partial charge in [0.2, 0.25) is 0 Å². The van der Waals surface area contributed by atoms with Crippen LogP contribution in [0.5, 0.6) is 5.75 Å². The summed E-state index contributed by atoms with van der Waals surface area (Å²) in [7, 11) is -0.819. The van der Waals surface area contributed by atoms with E-state index in [1.54, 1.807) is 12.1 Å². The second-order valence-corrected chi connectivity index (χ2v) is 9.66.